The van der Waals surface area contributed by atoms with Gasteiger partial charge in [0.25, 0.3) is 0 Å². The molecule has 28 heavy (non-hydrogen) atoms. The standard InChI is InChI=1S/C16H18N.C7H8O3S/c1-11-16(2,3)14-10-9-12-7-5-6-8-13(12)15(14)17(11)4;1-6-2-4-7(5-3-6)11(8,9)10/h5-10H,1-4H3;2-5H,1H3,(H,8,9,10)/q+1;/p-1. The fraction of sp³-hybridized carbons (Fsp3) is 0.261. The molecular formula is C23H25NO3S. The molecule has 0 N–H and O–H groups in total. The summed E-state index contributed by atoms with van der Waals surface area (Å²) in [5.41, 5.74) is 5.32. The van der Waals surface area contributed by atoms with E-state index in [2.05, 4.69) is 68.8 Å². The van der Waals surface area contributed by atoms with Crippen LogP contribution in [-0.4, -0.2) is 30.3 Å². The molecule has 146 valence electrons. The monoisotopic (exact) mass is 395 g/mol. The highest BCUT2D eigenvalue weighted by molar-refractivity contribution is 7.85. The lowest BCUT2D eigenvalue weighted by Crippen LogP contribution is -2.25. The van der Waals surface area contributed by atoms with Crippen LogP contribution in [0.15, 0.2) is 65.6 Å². The Bertz CT molecular complexity index is 1170. The van der Waals surface area contributed by atoms with Gasteiger partial charge in [0.15, 0.2) is 5.71 Å². The Labute approximate surface area is 166 Å². The van der Waals surface area contributed by atoms with Crippen molar-refractivity contribution in [1.29, 1.82) is 0 Å². The van der Waals surface area contributed by atoms with Gasteiger partial charge in [0.05, 0.1) is 15.7 Å². The van der Waals surface area contributed by atoms with Crippen LogP contribution < -0.4 is 0 Å². The van der Waals surface area contributed by atoms with E-state index < -0.39 is 10.1 Å². The predicted octanol–water partition coefficient (Wildman–Crippen LogP) is 4.76. The smallest absolute Gasteiger partial charge is 0.217 e. The third kappa shape index (κ3) is 3.60. The SMILES string of the molecule is CC1=[N+](C)c2c(ccc3ccccc23)C1(C)C.Cc1ccc(S(=O)(=O)[O-])cc1. The van der Waals surface area contributed by atoms with Gasteiger partial charge < -0.3 is 4.55 Å². The Balaban J connectivity index is 0.000000178. The Morgan fingerprint density at radius 3 is 2.11 bits per heavy atom. The van der Waals surface area contributed by atoms with Crippen LogP contribution in [0.4, 0.5) is 5.69 Å². The maximum atomic E-state index is 10.4. The zero-order valence-electron chi connectivity index (χ0n) is 16.9. The van der Waals surface area contributed by atoms with E-state index in [-0.39, 0.29) is 10.3 Å². The molecule has 4 nitrogen and oxygen atoms in total. The first-order chi connectivity index (χ1) is 13.0. The molecule has 0 atom stereocenters. The average molecular weight is 396 g/mol. The van der Waals surface area contributed by atoms with E-state index in [1.807, 2.05) is 6.92 Å². The minimum atomic E-state index is -4.27. The maximum Gasteiger partial charge on any atom is 0.217 e. The summed E-state index contributed by atoms with van der Waals surface area (Å²) >= 11 is 0. The highest BCUT2D eigenvalue weighted by atomic mass is 32.2. The highest BCUT2D eigenvalue weighted by Gasteiger charge is 2.42. The van der Waals surface area contributed by atoms with Crippen molar-refractivity contribution in [3.63, 3.8) is 0 Å². The molecule has 0 radical (unpaired) electrons. The van der Waals surface area contributed by atoms with Crippen LogP contribution in [-0.2, 0) is 15.5 Å². The molecule has 1 aliphatic rings. The lowest BCUT2D eigenvalue weighted by Gasteiger charge is -2.15. The normalized spacial score (nSPS) is 15.2. The summed E-state index contributed by atoms with van der Waals surface area (Å²) in [6, 6.07) is 18.9. The third-order valence-electron chi connectivity index (χ3n) is 5.63. The Morgan fingerprint density at radius 2 is 1.50 bits per heavy atom. The van der Waals surface area contributed by atoms with E-state index in [0.29, 0.717) is 0 Å². The molecule has 0 unspecified atom stereocenters. The molecule has 1 heterocycles. The fourth-order valence-corrected chi connectivity index (χ4v) is 4.08. The number of hydrogen-bond acceptors (Lipinski definition) is 3. The fourth-order valence-electron chi connectivity index (χ4n) is 3.61. The second-order valence-corrected chi connectivity index (χ2v) is 9.10. The van der Waals surface area contributed by atoms with E-state index in [9.17, 15) is 13.0 Å². The van der Waals surface area contributed by atoms with E-state index in [1.165, 1.54) is 39.9 Å². The lowest BCUT2D eigenvalue weighted by molar-refractivity contribution is -0.401. The summed E-state index contributed by atoms with van der Waals surface area (Å²) in [6.45, 7) is 8.66. The number of hydrogen-bond donors (Lipinski definition) is 0. The Hall–Kier alpha value is -2.50. The molecule has 0 saturated heterocycles. The Morgan fingerprint density at radius 1 is 0.893 bits per heavy atom. The van der Waals surface area contributed by atoms with Gasteiger partial charge in [-0.05, 0) is 44.4 Å². The number of nitrogens with zero attached hydrogens (tertiary/aromatic N) is 1. The van der Waals surface area contributed by atoms with Gasteiger partial charge in [-0.3, -0.25) is 0 Å². The number of fused-ring (bicyclic) bond motifs is 3. The summed E-state index contributed by atoms with van der Waals surface area (Å²) in [4.78, 5) is -0.178. The molecule has 3 aromatic carbocycles. The van der Waals surface area contributed by atoms with Crippen LogP contribution in [0.1, 0.15) is 31.9 Å². The molecule has 4 rings (SSSR count). The third-order valence-corrected chi connectivity index (χ3v) is 6.48. The van der Waals surface area contributed by atoms with Crippen molar-refractivity contribution in [3.05, 3.63) is 71.8 Å². The molecule has 0 aliphatic carbocycles. The molecule has 0 fully saturated rings. The first-order valence-corrected chi connectivity index (χ1v) is 10.6. The zero-order chi connectivity index (χ0) is 20.7. The van der Waals surface area contributed by atoms with Gasteiger partial charge in [-0.25, -0.2) is 13.0 Å². The summed E-state index contributed by atoms with van der Waals surface area (Å²) < 4.78 is 33.5. The topological polar surface area (TPSA) is 60.2 Å². The average Bonchev–Trinajstić information content (AvgIpc) is 2.82. The van der Waals surface area contributed by atoms with Crippen molar-refractivity contribution in [2.45, 2.75) is 38.0 Å². The van der Waals surface area contributed by atoms with E-state index in [0.717, 1.165) is 5.56 Å². The van der Waals surface area contributed by atoms with Gasteiger partial charge in [-0.15, -0.1) is 0 Å². The van der Waals surface area contributed by atoms with Gasteiger partial charge in [-0.2, -0.15) is 0 Å². The molecule has 3 aromatic rings. The van der Waals surface area contributed by atoms with E-state index in [4.69, 9.17) is 0 Å². The van der Waals surface area contributed by atoms with E-state index in [1.54, 1.807) is 12.1 Å². The van der Waals surface area contributed by atoms with Crippen LogP contribution in [0.25, 0.3) is 10.8 Å². The second-order valence-electron chi connectivity index (χ2n) is 7.72. The van der Waals surface area contributed by atoms with Crippen LogP contribution >= 0.6 is 0 Å². The van der Waals surface area contributed by atoms with E-state index >= 15 is 0 Å². The van der Waals surface area contributed by atoms with Crippen molar-refractivity contribution < 1.29 is 17.5 Å². The first kappa shape index (κ1) is 20.2. The summed E-state index contributed by atoms with van der Waals surface area (Å²) in [5, 5.41) is 2.68. The number of aryl methyl sites for hydroxylation is 1. The summed E-state index contributed by atoms with van der Waals surface area (Å²) in [7, 11) is -2.09. The zero-order valence-corrected chi connectivity index (χ0v) is 17.7. The van der Waals surface area contributed by atoms with Gasteiger partial charge in [0, 0.05) is 12.5 Å². The molecule has 1 aliphatic heterocycles. The molecule has 0 spiro atoms. The molecule has 0 aromatic heterocycles. The Kier molecular flexibility index (Phi) is 5.17. The molecule has 5 heteroatoms. The molecular weight excluding hydrogens is 370 g/mol. The number of rotatable bonds is 1. The van der Waals surface area contributed by atoms with Gasteiger partial charge >= 0.3 is 0 Å². The molecule has 0 bridgehead atoms. The van der Waals surface area contributed by atoms with Crippen LogP contribution in [0, 0.1) is 6.92 Å². The largest absolute Gasteiger partial charge is 0.744 e. The van der Waals surface area contributed by atoms with Crippen molar-refractivity contribution in [1.82, 2.24) is 0 Å². The number of benzene rings is 3. The molecule has 0 amide bonds. The quantitative estimate of drug-likeness (QED) is 0.441. The van der Waals surface area contributed by atoms with Gasteiger partial charge in [0.2, 0.25) is 5.69 Å². The van der Waals surface area contributed by atoms with Crippen molar-refractivity contribution in [2.24, 2.45) is 0 Å². The minimum absolute atomic E-state index is 0.147. The molecule has 0 saturated carbocycles. The summed E-state index contributed by atoms with van der Waals surface area (Å²) in [6.07, 6.45) is 0. The highest BCUT2D eigenvalue weighted by Crippen LogP contribution is 2.42. The van der Waals surface area contributed by atoms with Crippen molar-refractivity contribution in [2.75, 3.05) is 7.05 Å². The maximum absolute atomic E-state index is 10.4. The van der Waals surface area contributed by atoms with Crippen LogP contribution in [0.5, 0.6) is 0 Å². The lowest BCUT2D eigenvalue weighted by atomic mass is 9.81. The second kappa shape index (κ2) is 7.15. The van der Waals surface area contributed by atoms with Crippen molar-refractivity contribution >= 4 is 32.3 Å². The van der Waals surface area contributed by atoms with Crippen LogP contribution in [0.3, 0.4) is 0 Å². The predicted molar refractivity (Wildman–Crippen MR) is 113 cm³/mol. The van der Waals surface area contributed by atoms with Gasteiger partial charge in [0.1, 0.15) is 17.2 Å². The first-order valence-electron chi connectivity index (χ1n) is 9.16. The minimum Gasteiger partial charge on any atom is -0.744 e. The summed E-state index contributed by atoms with van der Waals surface area (Å²) in [5.74, 6) is 0. The van der Waals surface area contributed by atoms with Gasteiger partial charge in [-0.1, -0.05) is 48.0 Å². The van der Waals surface area contributed by atoms with Crippen LogP contribution in [0.2, 0.25) is 0 Å². The van der Waals surface area contributed by atoms with Crippen molar-refractivity contribution in [3.8, 4) is 0 Å².